The summed E-state index contributed by atoms with van der Waals surface area (Å²) in [6, 6.07) is 10.6. The van der Waals surface area contributed by atoms with Crippen LogP contribution in [0.5, 0.6) is 5.75 Å². The minimum absolute atomic E-state index is 0.290. The molecule has 0 fully saturated rings. The number of anilines is 1. The van der Waals surface area contributed by atoms with Gasteiger partial charge in [0.1, 0.15) is 35.0 Å². The van der Waals surface area contributed by atoms with Crippen LogP contribution < -0.4 is 10.5 Å². The maximum atomic E-state index is 13.9. The van der Waals surface area contributed by atoms with Crippen molar-refractivity contribution in [3.8, 4) is 5.75 Å². The molecule has 29 heavy (non-hydrogen) atoms. The van der Waals surface area contributed by atoms with Crippen molar-refractivity contribution >= 4 is 22.6 Å². The van der Waals surface area contributed by atoms with Crippen LogP contribution in [-0.4, -0.2) is 19.5 Å². The average molecular weight is 391 g/mol. The summed E-state index contributed by atoms with van der Waals surface area (Å²) in [5, 5.41) is 0. The van der Waals surface area contributed by atoms with Gasteiger partial charge in [-0.1, -0.05) is 12.1 Å². The predicted molar refractivity (Wildman–Crippen MR) is 104 cm³/mol. The van der Waals surface area contributed by atoms with Crippen molar-refractivity contribution in [1.82, 2.24) is 19.5 Å². The van der Waals surface area contributed by atoms with Gasteiger partial charge in [0.15, 0.2) is 11.5 Å². The maximum Gasteiger partial charge on any atom is 0.165 e. The first-order valence-electron chi connectivity index (χ1n) is 8.94. The molecule has 3 heterocycles. The second kappa shape index (κ2) is 6.66. The summed E-state index contributed by atoms with van der Waals surface area (Å²) in [5.74, 6) is 0.764. The number of allylic oxidation sites excluding steroid dienone is 2. The van der Waals surface area contributed by atoms with Gasteiger partial charge in [-0.3, -0.25) is 0 Å². The smallest absolute Gasteiger partial charge is 0.165 e. The van der Waals surface area contributed by atoms with Crippen molar-refractivity contribution in [2.24, 2.45) is 0 Å². The standard InChI is InChI=1S/C21H15F2N5O/c22-14-3-1-2-12(6-14)16-8-13-7-15(23)4-5-17(13)29-18(16)9-28-11-27-19-20(24)25-10-26-21(19)28/h1-7,10-11H,8-9H2,(H2,24,25,26). The molecule has 0 saturated carbocycles. The molecule has 0 bridgehead atoms. The zero-order valence-electron chi connectivity index (χ0n) is 15.1. The molecule has 0 atom stereocenters. The Morgan fingerprint density at radius 1 is 1.03 bits per heavy atom. The lowest BCUT2D eigenvalue weighted by Crippen LogP contribution is -2.15. The van der Waals surface area contributed by atoms with Gasteiger partial charge < -0.3 is 15.0 Å². The fraction of sp³-hybridized carbons (Fsp3) is 0.0952. The molecule has 0 unspecified atom stereocenters. The Kier molecular flexibility index (Phi) is 3.97. The first kappa shape index (κ1) is 17.3. The van der Waals surface area contributed by atoms with E-state index in [4.69, 9.17) is 10.5 Å². The summed E-state index contributed by atoms with van der Waals surface area (Å²) in [4.78, 5) is 12.5. The van der Waals surface area contributed by atoms with Crippen molar-refractivity contribution < 1.29 is 13.5 Å². The number of ether oxygens (including phenoxy) is 1. The Morgan fingerprint density at radius 2 is 1.90 bits per heavy atom. The van der Waals surface area contributed by atoms with E-state index in [0.29, 0.717) is 52.6 Å². The van der Waals surface area contributed by atoms with Crippen molar-refractivity contribution in [2.75, 3.05) is 5.73 Å². The second-order valence-corrected chi connectivity index (χ2v) is 6.75. The molecule has 6 nitrogen and oxygen atoms in total. The van der Waals surface area contributed by atoms with Crippen LogP contribution in [0.3, 0.4) is 0 Å². The van der Waals surface area contributed by atoms with Gasteiger partial charge in [0, 0.05) is 17.6 Å². The van der Waals surface area contributed by atoms with Crippen LogP contribution in [0.2, 0.25) is 0 Å². The molecular weight excluding hydrogens is 376 g/mol. The molecule has 4 aromatic rings. The van der Waals surface area contributed by atoms with Gasteiger partial charge in [0.05, 0.1) is 12.9 Å². The zero-order chi connectivity index (χ0) is 20.0. The highest BCUT2D eigenvalue weighted by Crippen LogP contribution is 2.36. The quantitative estimate of drug-likeness (QED) is 0.576. The Hall–Kier alpha value is -3.81. The van der Waals surface area contributed by atoms with Gasteiger partial charge in [-0.2, -0.15) is 0 Å². The highest BCUT2D eigenvalue weighted by molar-refractivity contribution is 5.81. The first-order chi connectivity index (χ1) is 14.1. The molecule has 0 aliphatic carbocycles. The third-order valence-corrected chi connectivity index (χ3v) is 4.88. The van der Waals surface area contributed by atoms with E-state index < -0.39 is 0 Å². The van der Waals surface area contributed by atoms with E-state index in [1.54, 1.807) is 29.1 Å². The minimum atomic E-state index is -0.354. The number of hydrogen-bond acceptors (Lipinski definition) is 5. The number of imidazole rings is 1. The molecular formula is C21H15F2N5O. The van der Waals surface area contributed by atoms with Crippen molar-refractivity contribution in [2.45, 2.75) is 13.0 Å². The number of rotatable bonds is 3. The summed E-state index contributed by atoms with van der Waals surface area (Å²) < 4.78 is 35.5. The van der Waals surface area contributed by atoms with Gasteiger partial charge in [-0.25, -0.2) is 23.7 Å². The Bertz CT molecular complexity index is 1280. The largest absolute Gasteiger partial charge is 0.459 e. The van der Waals surface area contributed by atoms with E-state index in [9.17, 15) is 8.78 Å². The third kappa shape index (κ3) is 3.08. The fourth-order valence-corrected chi connectivity index (χ4v) is 3.51. The summed E-state index contributed by atoms with van der Waals surface area (Å²) in [6.07, 6.45) is 3.39. The monoisotopic (exact) mass is 391 g/mol. The van der Waals surface area contributed by atoms with Crippen LogP contribution in [-0.2, 0) is 13.0 Å². The number of halogens is 2. The molecule has 2 aromatic heterocycles. The van der Waals surface area contributed by atoms with Crippen LogP contribution in [0, 0.1) is 11.6 Å². The van der Waals surface area contributed by atoms with E-state index in [1.807, 2.05) is 0 Å². The van der Waals surface area contributed by atoms with Crippen LogP contribution in [0.15, 0.2) is 60.9 Å². The number of benzene rings is 2. The SMILES string of the molecule is Nc1ncnc2c1ncn2CC1=C(c2cccc(F)c2)Cc2cc(F)ccc2O1. The summed E-state index contributed by atoms with van der Waals surface area (Å²) in [6.45, 7) is 0.301. The van der Waals surface area contributed by atoms with E-state index in [-0.39, 0.29) is 11.6 Å². The van der Waals surface area contributed by atoms with Crippen molar-refractivity contribution in [3.63, 3.8) is 0 Å². The number of hydrogen-bond donors (Lipinski definition) is 1. The Labute approximate surface area is 164 Å². The molecule has 8 heteroatoms. The first-order valence-corrected chi connectivity index (χ1v) is 8.94. The number of fused-ring (bicyclic) bond motifs is 2. The topological polar surface area (TPSA) is 78.9 Å². The average Bonchev–Trinajstić information content (AvgIpc) is 3.12. The van der Waals surface area contributed by atoms with Crippen LogP contribution in [0.4, 0.5) is 14.6 Å². The van der Waals surface area contributed by atoms with E-state index >= 15 is 0 Å². The lowest BCUT2D eigenvalue weighted by Gasteiger charge is -2.24. The van der Waals surface area contributed by atoms with Crippen molar-refractivity contribution in [1.29, 1.82) is 0 Å². The Balaban J connectivity index is 1.63. The van der Waals surface area contributed by atoms with Crippen LogP contribution in [0.1, 0.15) is 11.1 Å². The predicted octanol–water partition coefficient (Wildman–Crippen LogP) is 3.73. The lowest BCUT2D eigenvalue weighted by atomic mass is 9.94. The number of nitrogens with zero attached hydrogens (tertiary/aromatic N) is 4. The summed E-state index contributed by atoms with van der Waals surface area (Å²) >= 11 is 0. The number of nitrogen functional groups attached to an aromatic ring is 1. The molecule has 1 aliphatic rings. The van der Waals surface area contributed by atoms with Gasteiger partial charge in [0.2, 0.25) is 0 Å². The van der Waals surface area contributed by atoms with Crippen molar-refractivity contribution in [3.05, 3.63) is 83.6 Å². The minimum Gasteiger partial charge on any atom is -0.459 e. The maximum absolute atomic E-state index is 13.9. The molecule has 0 spiro atoms. The molecule has 144 valence electrons. The normalized spacial score (nSPS) is 13.4. The molecule has 0 radical (unpaired) electrons. The number of nitrogens with two attached hydrogens (primary N) is 1. The molecule has 2 N–H and O–H groups in total. The summed E-state index contributed by atoms with van der Waals surface area (Å²) in [5.41, 5.74) is 9.08. The fourth-order valence-electron chi connectivity index (χ4n) is 3.51. The third-order valence-electron chi connectivity index (χ3n) is 4.88. The number of aromatic nitrogens is 4. The lowest BCUT2D eigenvalue weighted by molar-refractivity contribution is 0.382. The highest BCUT2D eigenvalue weighted by atomic mass is 19.1. The van der Waals surface area contributed by atoms with Gasteiger partial charge in [0.25, 0.3) is 0 Å². The van der Waals surface area contributed by atoms with E-state index in [2.05, 4.69) is 15.0 Å². The second-order valence-electron chi connectivity index (χ2n) is 6.75. The summed E-state index contributed by atoms with van der Waals surface area (Å²) in [7, 11) is 0. The molecule has 5 rings (SSSR count). The van der Waals surface area contributed by atoms with Crippen LogP contribution in [0.25, 0.3) is 16.7 Å². The van der Waals surface area contributed by atoms with Gasteiger partial charge in [-0.05, 0) is 35.9 Å². The van der Waals surface area contributed by atoms with Gasteiger partial charge in [-0.15, -0.1) is 0 Å². The molecule has 1 aliphatic heterocycles. The van der Waals surface area contributed by atoms with Crippen LogP contribution >= 0.6 is 0 Å². The molecule has 0 amide bonds. The molecule has 0 saturated heterocycles. The van der Waals surface area contributed by atoms with E-state index in [0.717, 1.165) is 5.57 Å². The van der Waals surface area contributed by atoms with Gasteiger partial charge >= 0.3 is 0 Å². The van der Waals surface area contributed by atoms with E-state index in [1.165, 1.54) is 30.6 Å². The highest BCUT2D eigenvalue weighted by Gasteiger charge is 2.23. The molecule has 2 aromatic carbocycles. The zero-order valence-corrected chi connectivity index (χ0v) is 15.1. The Morgan fingerprint density at radius 3 is 2.76 bits per heavy atom.